The minimum Gasteiger partial charge on any atom is -0.478 e. The normalized spacial score (nSPS) is 10.6. The molecule has 0 bridgehead atoms. The number of aryl methyl sites for hydroxylation is 2. The summed E-state index contributed by atoms with van der Waals surface area (Å²) in [6, 6.07) is 12.4. The number of ether oxygens (including phenoxy) is 1. The molecule has 0 aliphatic rings. The maximum Gasteiger partial charge on any atom is 0.310 e. The SMILES string of the molecule is Cc1ccc(-c2nc(COc3cc(C)ccc3[N+](=O)[O-])no2)cc1. The molecule has 0 aliphatic heterocycles. The number of hydrogen-bond donors (Lipinski definition) is 0. The third kappa shape index (κ3) is 3.40. The van der Waals surface area contributed by atoms with E-state index in [1.807, 2.05) is 38.1 Å². The van der Waals surface area contributed by atoms with Gasteiger partial charge in [-0.15, -0.1) is 0 Å². The Balaban J connectivity index is 1.75. The Kier molecular flexibility index (Phi) is 4.24. The molecule has 1 heterocycles. The van der Waals surface area contributed by atoms with Crippen LogP contribution in [0.15, 0.2) is 47.0 Å². The van der Waals surface area contributed by atoms with Gasteiger partial charge in [-0.05, 0) is 37.6 Å². The van der Waals surface area contributed by atoms with Crippen molar-refractivity contribution in [1.82, 2.24) is 10.1 Å². The first-order chi connectivity index (χ1) is 11.5. The zero-order valence-corrected chi connectivity index (χ0v) is 13.2. The van der Waals surface area contributed by atoms with Crippen LogP contribution in [0.5, 0.6) is 5.75 Å². The van der Waals surface area contributed by atoms with Crippen molar-refractivity contribution in [3.8, 4) is 17.2 Å². The van der Waals surface area contributed by atoms with Gasteiger partial charge in [0.15, 0.2) is 12.4 Å². The molecule has 0 aliphatic carbocycles. The summed E-state index contributed by atoms with van der Waals surface area (Å²) < 4.78 is 10.7. The lowest BCUT2D eigenvalue weighted by molar-refractivity contribution is -0.386. The van der Waals surface area contributed by atoms with Crippen LogP contribution in [0.1, 0.15) is 17.0 Å². The van der Waals surface area contributed by atoms with Gasteiger partial charge in [-0.2, -0.15) is 4.98 Å². The first-order valence-electron chi connectivity index (χ1n) is 7.30. The number of benzene rings is 2. The van der Waals surface area contributed by atoms with E-state index >= 15 is 0 Å². The molecule has 0 fully saturated rings. The summed E-state index contributed by atoms with van der Waals surface area (Å²) in [6.07, 6.45) is 0. The fourth-order valence-electron chi connectivity index (χ4n) is 2.16. The first kappa shape index (κ1) is 15.7. The summed E-state index contributed by atoms with van der Waals surface area (Å²) in [7, 11) is 0. The highest BCUT2D eigenvalue weighted by molar-refractivity contribution is 5.53. The van der Waals surface area contributed by atoms with E-state index in [1.54, 1.807) is 12.1 Å². The maximum absolute atomic E-state index is 11.0. The molecule has 2 aromatic carbocycles. The van der Waals surface area contributed by atoms with Crippen molar-refractivity contribution in [2.45, 2.75) is 20.5 Å². The molecule has 24 heavy (non-hydrogen) atoms. The molecule has 3 rings (SSSR count). The van der Waals surface area contributed by atoms with Gasteiger partial charge in [-0.3, -0.25) is 10.1 Å². The summed E-state index contributed by atoms with van der Waals surface area (Å²) in [6.45, 7) is 3.81. The third-order valence-electron chi connectivity index (χ3n) is 3.44. The van der Waals surface area contributed by atoms with Crippen LogP contribution in [0, 0.1) is 24.0 Å². The van der Waals surface area contributed by atoms with Gasteiger partial charge in [0, 0.05) is 11.6 Å². The summed E-state index contributed by atoms with van der Waals surface area (Å²) in [5, 5.41) is 14.9. The average molecular weight is 325 g/mol. The molecule has 0 N–H and O–H groups in total. The Hall–Kier alpha value is -3.22. The molecule has 122 valence electrons. The van der Waals surface area contributed by atoms with Crippen LogP contribution in [-0.2, 0) is 6.61 Å². The monoisotopic (exact) mass is 325 g/mol. The highest BCUT2D eigenvalue weighted by atomic mass is 16.6. The lowest BCUT2D eigenvalue weighted by Crippen LogP contribution is -2.01. The molecule has 0 amide bonds. The van der Waals surface area contributed by atoms with Crippen molar-refractivity contribution in [1.29, 1.82) is 0 Å². The largest absolute Gasteiger partial charge is 0.478 e. The standard InChI is InChI=1S/C17H15N3O4/c1-11-3-6-13(7-4-11)17-18-16(19-24-17)10-23-15-9-12(2)5-8-14(15)20(21)22/h3-9H,10H2,1-2H3. The summed E-state index contributed by atoms with van der Waals surface area (Å²) >= 11 is 0. The molecular formula is C17H15N3O4. The van der Waals surface area contributed by atoms with Crippen molar-refractivity contribution >= 4 is 5.69 Å². The zero-order valence-electron chi connectivity index (χ0n) is 13.2. The van der Waals surface area contributed by atoms with Crippen LogP contribution in [-0.4, -0.2) is 15.1 Å². The van der Waals surface area contributed by atoms with E-state index in [2.05, 4.69) is 10.1 Å². The van der Waals surface area contributed by atoms with Gasteiger partial charge in [-0.25, -0.2) is 0 Å². The number of nitrogens with zero attached hydrogens (tertiary/aromatic N) is 3. The molecule has 0 saturated carbocycles. The van der Waals surface area contributed by atoms with E-state index in [-0.39, 0.29) is 18.0 Å². The van der Waals surface area contributed by atoms with Crippen LogP contribution in [0.3, 0.4) is 0 Å². The lowest BCUT2D eigenvalue weighted by Gasteiger charge is -2.05. The van der Waals surface area contributed by atoms with Crippen molar-refractivity contribution < 1.29 is 14.2 Å². The average Bonchev–Trinajstić information content (AvgIpc) is 3.02. The summed E-state index contributed by atoms with van der Waals surface area (Å²) in [5.74, 6) is 0.885. The van der Waals surface area contributed by atoms with Gasteiger partial charge < -0.3 is 9.26 Å². The zero-order chi connectivity index (χ0) is 17.1. The molecule has 1 aromatic heterocycles. The van der Waals surface area contributed by atoms with Crippen LogP contribution in [0.25, 0.3) is 11.5 Å². The van der Waals surface area contributed by atoms with Crippen LogP contribution in [0.4, 0.5) is 5.69 Å². The Morgan fingerprint density at radius 3 is 2.54 bits per heavy atom. The quantitative estimate of drug-likeness (QED) is 0.523. The molecule has 0 unspecified atom stereocenters. The first-order valence-corrected chi connectivity index (χ1v) is 7.30. The van der Waals surface area contributed by atoms with Crippen molar-refractivity contribution in [3.63, 3.8) is 0 Å². The number of rotatable bonds is 5. The van der Waals surface area contributed by atoms with Gasteiger partial charge in [0.2, 0.25) is 5.82 Å². The Morgan fingerprint density at radius 2 is 1.83 bits per heavy atom. The minimum atomic E-state index is -0.483. The molecule has 7 heteroatoms. The van der Waals surface area contributed by atoms with Gasteiger partial charge in [0.25, 0.3) is 5.89 Å². The van der Waals surface area contributed by atoms with E-state index in [9.17, 15) is 10.1 Å². The number of nitro groups is 1. The second-order valence-electron chi connectivity index (χ2n) is 5.40. The van der Waals surface area contributed by atoms with Crippen LogP contribution < -0.4 is 4.74 Å². The second kappa shape index (κ2) is 6.49. The van der Waals surface area contributed by atoms with Crippen LogP contribution >= 0.6 is 0 Å². The van der Waals surface area contributed by atoms with Crippen LogP contribution in [0.2, 0.25) is 0 Å². The highest BCUT2D eigenvalue weighted by Gasteiger charge is 2.16. The molecule has 7 nitrogen and oxygen atoms in total. The number of nitro benzene ring substituents is 1. The fourth-order valence-corrected chi connectivity index (χ4v) is 2.16. The number of hydrogen-bond acceptors (Lipinski definition) is 6. The molecule has 0 saturated heterocycles. The third-order valence-corrected chi connectivity index (χ3v) is 3.44. The summed E-state index contributed by atoms with van der Waals surface area (Å²) in [4.78, 5) is 14.8. The predicted molar refractivity (Wildman–Crippen MR) is 86.6 cm³/mol. The molecule has 3 aromatic rings. The lowest BCUT2D eigenvalue weighted by atomic mass is 10.1. The van der Waals surface area contributed by atoms with E-state index in [0.29, 0.717) is 11.7 Å². The molecule has 0 radical (unpaired) electrons. The van der Waals surface area contributed by atoms with Gasteiger partial charge in [0.05, 0.1) is 4.92 Å². The predicted octanol–water partition coefficient (Wildman–Crippen LogP) is 3.84. The van der Waals surface area contributed by atoms with Gasteiger partial charge in [-0.1, -0.05) is 28.9 Å². The van der Waals surface area contributed by atoms with Crippen molar-refractivity contribution in [2.24, 2.45) is 0 Å². The highest BCUT2D eigenvalue weighted by Crippen LogP contribution is 2.28. The molecule has 0 spiro atoms. The van der Waals surface area contributed by atoms with Crippen molar-refractivity contribution in [3.05, 3.63) is 69.5 Å². The fraction of sp³-hybridized carbons (Fsp3) is 0.176. The summed E-state index contributed by atoms with van der Waals surface area (Å²) in [5.41, 5.74) is 2.71. The van der Waals surface area contributed by atoms with E-state index in [1.165, 1.54) is 6.07 Å². The second-order valence-corrected chi connectivity index (χ2v) is 5.40. The Morgan fingerprint density at radius 1 is 1.12 bits per heavy atom. The van der Waals surface area contributed by atoms with E-state index < -0.39 is 4.92 Å². The van der Waals surface area contributed by atoms with E-state index in [4.69, 9.17) is 9.26 Å². The van der Waals surface area contributed by atoms with Gasteiger partial charge >= 0.3 is 5.69 Å². The van der Waals surface area contributed by atoms with Crippen molar-refractivity contribution in [2.75, 3.05) is 0 Å². The topological polar surface area (TPSA) is 91.3 Å². The maximum atomic E-state index is 11.0. The smallest absolute Gasteiger partial charge is 0.310 e. The van der Waals surface area contributed by atoms with Gasteiger partial charge in [0.1, 0.15) is 0 Å². The minimum absolute atomic E-state index is 0.0142. The Labute approximate surface area is 138 Å². The van der Waals surface area contributed by atoms with E-state index in [0.717, 1.165) is 16.7 Å². The Bertz CT molecular complexity index is 872. The number of aromatic nitrogens is 2. The molecule has 0 atom stereocenters. The molecular weight excluding hydrogens is 310 g/mol.